The summed E-state index contributed by atoms with van der Waals surface area (Å²) in [4.78, 5) is 27.8. The van der Waals surface area contributed by atoms with E-state index in [9.17, 15) is 19.8 Å². The number of fused-ring (bicyclic) bond motifs is 1. The first-order valence-corrected chi connectivity index (χ1v) is 8.90. The number of hydrogen-bond donors (Lipinski definition) is 2. The van der Waals surface area contributed by atoms with E-state index in [0.717, 1.165) is 25.9 Å². The fraction of sp³-hybridized carbons (Fsp3) is 0.579. The standard InChI is InChI=1S/C19H24N2O4/c1-13-2-4-14(5-3-13)20-8-6-15(7-9-20)21-11-18(16(22)23)10-19(18,12-21)17(24)25/h2-5,15H,6-12H2,1H3,(H,22,23)(H,24,25)/t18-,19+. The van der Waals surface area contributed by atoms with E-state index in [1.807, 2.05) is 0 Å². The molecule has 2 heterocycles. The molecule has 0 aromatic heterocycles. The molecule has 2 N–H and O–H groups in total. The van der Waals surface area contributed by atoms with Gasteiger partial charge in [0.15, 0.2) is 0 Å². The van der Waals surface area contributed by atoms with Gasteiger partial charge in [-0.2, -0.15) is 0 Å². The van der Waals surface area contributed by atoms with Gasteiger partial charge >= 0.3 is 11.9 Å². The predicted octanol–water partition coefficient (Wildman–Crippen LogP) is 1.83. The lowest BCUT2D eigenvalue weighted by atomic mass is 9.97. The van der Waals surface area contributed by atoms with E-state index >= 15 is 0 Å². The number of anilines is 1. The lowest BCUT2D eigenvalue weighted by Gasteiger charge is -2.38. The van der Waals surface area contributed by atoms with Gasteiger partial charge in [0, 0.05) is 37.9 Å². The van der Waals surface area contributed by atoms with Crippen molar-refractivity contribution in [1.29, 1.82) is 0 Å². The van der Waals surface area contributed by atoms with Crippen LogP contribution in [0.4, 0.5) is 5.69 Å². The number of carboxylic acid groups (broad SMARTS) is 2. The van der Waals surface area contributed by atoms with Crippen molar-refractivity contribution in [2.75, 3.05) is 31.1 Å². The van der Waals surface area contributed by atoms with Gasteiger partial charge in [-0.25, -0.2) is 0 Å². The van der Waals surface area contributed by atoms with Crippen LogP contribution in [0.25, 0.3) is 0 Å². The van der Waals surface area contributed by atoms with Crippen molar-refractivity contribution in [1.82, 2.24) is 4.90 Å². The minimum absolute atomic E-state index is 0.280. The Morgan fingerprint density at radius 1 is 1.00 bits per heavy atom. The number of rotatable bonds is 4. The van der Waals surface area contributed by atoms with Gasteiger partial charge in [-0.3, -0.25) is 14.5 Å². The molecule has 1 saturated carbocycles. The van der Waals surface area contributed by atoms with E-state index < -0.39 is 22.8 Å². The van der Waals surface area contributed by atoms with E-state index in [4.69, 9.17) is 0 Å². The smallest absolute Gasteiger partial charge is 0.312 e. The Morgan fingerprint density at radius 3 is 2.00 bits per heavy atom. The zero-order valence-electron chi connectivity index (χ0n) is 14.4. The predicted molar refractivity (Wildman–Crippen MR) is 92.7 cm³/mol. The van der Waals surface area contributed by atoms with E-state index in [2.05, 4.69) is 41.0 Å². The molecule has 6 heteroatoms. The molecule has 134 valence electrons. The number of benzene rings is 1. The van der Waals surface area contributed by atoms with Gasteiger partial charge in [0.05, 0.1) is 10.8 Å². The molecule has 0 unspecified atom stereocenters. The molecule has 2 aliphatic heterocycles. The second kappa shape index (κ2) is 5.46. The fourth-order valence-electron chi connectivity index (χ4n) is 4.83. The van der Waals surface area contributed by atoms with Gasteiger partial charge in [0.2, 0.25) is 0 Å². The Labute approximate surface area is 147 Å². The van der Waals surface area contributed by atoms with Crippen LogP contribution in [-0.4, -0.2) is 59.3 Å². The highest BCUT2D eigenvalue weighted by Crippen LogP contribution is 2.69. The average molecular weight is 344 g/mol. The maximum atomic E-state index is 11.7. The number of piperidine rings is 2. The van der Waals surface area contributed by atoms with Gasteiger partial charge in [-0.15, -0.1) is 0 Å². The lowest BCUT2D eigenvalue weighted by Crippen LogP contribution is -2.46. The first-order chi connectivity index (χ1) is 11.9. The van der Waals surface area contributed by atoms with Crippen LogP contribution in [0.15, 0.2) is 24.3 Å². The summed E-state index contributed by atoms with van der Waals surface area (Å²) in [5, 5.41) is 19.1. The molecule has 2 saturated heterocycles. The molecule has 25 heavy (non-hydrogen) atoms. The van der Waals surface area contributed by atoms with Gasteiger partial charge < -0.3 is 15.1 Å². The van der Waals surface area contributed by atoms with Crippen molar-refractivity contribution in [3.63, 3.8) is 0 Å². The molecule has 0 spiro atoms. The second-order valence-corrected chi connectivity index (χ2v) is 7.91. The van der Waals surface area contributed by atoms with Crippen LogP contribution in [0.1, 0.15) is 24.8 Å². The van der Waals surface area contributed by atoms with Gasteiger partial charge in [0.1, 0.15) is 0 Å². The largest absolute Gasteiger partial charge is 0.481 e. The van der Waals surface area contributed by atoms with Crippen LogP contribution in [0.5, 0.6) is 0 Å². The fourth-order valence-corrected chi connectivity index (χ4v) is 4.83. The quantitative estimate of drug-likeness (QED) is 0.867. The summed E-state index contributed by atoms with van der Waals surface area (Å²) < 4.78 is 0. The van der Waals surface area contributed by atoms with Crippen molar-refractivity contribution in [3.05, 3.63) is 29.8 Å². The number of carboxylic acids is 2. The Kier molecular flexibility index (Phi) is 3.58. The number of likely N-dealkylation sites (tertiary alicyclic amines) is 1. The molecule has 1 aromatic rings. The van der Waals surface area contributed by atoms with Crippen molar-refractivity contribution >= 4 is 17.6 Å². The number of aliphatic carboxylic acids is 2. The highest BCUT2D eigenvalue weighted by molar-refractivity contribution is 5.94. The Balaban J connectivity index is 1.41. The van der Waals surface area contributed by atoms with E-state index in [0.29, 0.717) is 13.1 Å². The molecule has 3 aliphatic rings. The molecule has 1 aliphatic carbocycles. The van der Waals surface area contributed by atoms with Gasteiger partial charge in [-0.05, 0) is 38.3 Å². The van der Waals surface area contributed by atoms with E-state index in [1.54, 1.807) is 0 Å². The molecule has 3 fully saturated rings. The van der Waals surface area contributed by atoms with Gasteiger partial charge in [0.25, 0.3) is 0 Å². The summed E-state index contributed by atoms with van der Waals surface area (Å²) in [5.74, 6) is -1.90. The number of aryl methyl sites for hydroxylation is 1. The highest BCUT2D eigenvalue weighted by atomic mass is 16.4. The Hall–Kier alpha value is -2.08. The summed E-state index contributed by atoms with van der Waals surface area (Å²) in [6, 6.07) is 8.78. The van der Waals surface area contributed by atoms with Crippen molar-refractivity contribution in [2.24, 2.45) is 10.8 Å². The third-order valence-corrected chi connectivity index (χ3v) is 6.54. The molecule has 1 aromatic carbocycles. The van der Waals surface area contributed by atoms with Crippen LogP contribution in [-0.2, 0) is 9.59 Å². The summed E-state index contributed by atoms with van der Waals surface area (Å²) >= 11 is 0. The summed E-state index contributed by atoms with van der Waals surface area (Å²) in [5.41, 5.74) is 0.338. The molecule has 0 radical (unpaired) electrons. The maximum Gasteiger partial charge on any atom is 0.312 e. The molecular weight excluding hydrogens is 320 g/mol. The summed E-state index contributed by atoms with van der Waals surface area (Å²) in [7, 11) is 0. The van der Waals surface area contributed by atoms with Crippen LogP contribution in [0, 0.1) is 17.8 Å². The van der Waals surface area contributed by atoms with Crippen molar-refractivity contribution < 1.29 is 19.8 Å². The normalized spacial score (nSPS) is 32.4. The monoisotopic (exact) mass is 344 g/mol. The minimum atomic E-state index is -1.06. The second-order valence-electron chi connectivity index (χ2n) is 7.91. The van der Waals surface area contributed by atoms with Crippen LogP contribution >= 0.6 is 0 Å². The SMILES string of the molecule is Cc1ccc(N2CCC(N3C[C@@]4(C(=O)O)C[C@@]4(C(=O)O)C3)CC2)cc1. The topological polar surface area (TPSA) is 81.1 Å². The third kappa shape index (κ3) is 2.34. The highest BCUT2D eigenvalue weighted by Gasteiger charge is 2.81. The van der Waals surface area contributed by atoms with Crippen LogP contribution in [0.2, 0.25) is 0 Å². The maximum absolute atomic E-state index is 11.7. The molecule has 0 amide bonds. The Morgan fingerprint density at radius 2 is 1.52 bits per heavy atom. The van der Waals surface area contributed by atoms with Gasteiger partial charge in [-0.1, -0.05) is 17.7 Å². The summed E-state index contributed by atoms with van der Waals surface area (Å²) in [6.07, 6.45) is 2.17. The Bertz CT molecular complexity index is 683. The molecular formula is C19H24N2O4. The first kappa shape index (κ1) is 16.4. The van der Waals surface area contributed by atoms with E-state index in [1.165, 1.54) is 11.3 Å². The van der Waals surface area contributed by atoms with Crippen LogP contribution in [0.3, 0.4) is 0 Å². The summed E-state index contributed by atoms with van der Waals surface area (Å²) in [6.45, 7) is 4.67. The zero-order valence-corrected chi connectivity index (χ0v) is 14.4. The van der Waals surface area contributed by atoms with Crippen molar-refractivity contribution in [2.45, 2.75) is 32.2 Å². The van der Waals surface area contributed by atoms with E-state index in [-0.39, 0.29) is 12.5 Å². The zero-order chi connectivity index (χ0) is 17.8. The third-order valence-electron chi connectivity index (χ3n) is 6.54. The number of carbonyl (C=O) groups is 2. The first-order valence-electron chi connectivity index (χ1n) is 8.90. The average Bonchev–Trinajstić information content (AvgIpc) is 3.14. The number of hydrogen-bond acceptors (Lipinski definition) is 4. The molecule has 6 nitrogen and oxygen atoms in total. The molecule has 2 atom stereocenters. The lowest BCUT2D eigenvalue weighted by molar-refractivity contribution is -0.151. The molecule has 0 bridgehead atoms. The number of nitrogens with zero attached hydrogens (tertiary/aromatic N) is 2. The molecule has 4 rings (SSSR count). The van der Waals surface area contributed by atoms with Crippen LogP contribution < -0.4 is 4.90 Å². The minimum Gasteiger partial charge on any atom is -0.481 e. The van der Waals surface area contributed by atoms with Crippen molar-refractivity contribution in [3.8, 4) is 0 Å².